The molecular formula is C24H21F6N3O2. The molecule has 0 amide bonds. The molecule has 2 aromatic carbocycles. The van der Waals surface area contributed by atoms with Crippen LogP contribution in [0.25, 0.3) is 11.3 Å². The quantitative estimate of drug-likeness (QED) is 0.363. The summed E-state index contributed by atoms with van der Waals surface area (Å²) in [5.74, 6) is -0.254. The fourth-order valence-electron chi connectivity index (χ4n) is 3.78. The van der Waals surface area contributed by atoms with E-state index in [1.165, 1.54) is 48.5 Å². The Morgan fingerprint density at radius 2 is 1.26 bits per heavy atom. The molecule has 1 aliphatic rings. The first-order valence-corrected chi connectivity index (χ1v) is 10.8. The summed E-state index contributed by atoms with van der Waals surface area (Å²) in [4.78, 5) is 6.76. The van der Waals surface area contributed by atoms with Gasteiger partial charge in [0, 0.05) is 36.1 Å². The van der Waals surface area contributed by atoms with Gasteiger partial charge < -0.3 is 19.7 Å². The van der Waals surface area contributed by atoms with Gasteiger partial charge in [0.05, 0.1) is 5.69 Å². The maximum absolute atomic E-state index is 12.5. The van der Waals surface area contributed by atoms with Crippen LogP contribution in [-0.4, -0.2) is 30.8 Å². The molecule has 1 saturated heterocycles. The zero-order valence-electron chi connectivity index (χ0n) is 18.3. The number of piperidine rings is 1. The van der Waals surface area contributed by atoms with Gasteiger partial charge in [0.2, 0.25) is 0 Å². The van der Waals surface area contributed by atoms with Crippen molar-refractivity contribution in [2.24, 2.45) is 0 Å². The average Bonchev–Trinajstić information content (AvgIpc) is 2.79. The van der Waals surface area contributed by atoms with E-state index in [0.717, 1.165) is 38.0 Å². The van der Waals surface area contributed by atoms with E-state index in [-0.39, 0.29) is 11.5 Å². The van der Waals surface area contributed by atoms with E-state index in [0.29, 0.717) is 22.8 Å². The lowest BCUT2D eigenvalue weighted by Gasteiger charge is -2.29. The van der Waals surface area contributed by atoms with Gasteiger partial charge in [-0.05, 0) is 73.9 Å². The maximum atomic E-state index is 12.5. The van der Waals surface area contributed by atoms with E-state index in [1.807, 2.05) is 12.1 Å². The van der Waals surface area contributed by atoms with E-state index < -0.39 is 12.7 Å². The molecule has 1 aliphatic heterocycles. The highest BCUT2D eigenvalue weighted by Gasteiger charge is 2.31. The van der Waals surface area contributed by atoms with Crippen molar-refractivity contribution in [1.82, 2.24) is 4.98 Å². The summed E-state index contributed by atoms with van der Waals surface area (Å²) >= 11 is 0. The number of benzene rings is 2. The Morgan fingerprint density at radius 1 is 0.714 bits per heavy atom. The lowest BCUT2D eigenvalue weighted by Crippen LogP contribution is -2.29. The van der Waals surface area contributed by atoms with Crippen molar-refractivity contribution in [1.29, 1.82) is 0 Å². The van der Waals surface area contributed by atoms with Crippen molar-refractivity contribution in [2.45, 2.75) is 32.0 Å². The number of halogens is 6. The summed E-state index contributed by atoms with van der Waals surface area (Å²) in [6, 6.07) is 14.3. The Kier molecular flexibility index (Phi) is 6.95. The van der Waals surface area contributed by atoms with Crippen LogP contribution in [0.4, 0.5) is 43.5 Å². The molecule has 5 nitrogen and oxygen atoms in total. The van der Waals surface area contributed by atoms with Gasteiger partial charge in [-0.3, -0.25) is 0 Å². The van der Waals surface area contributed by atoms with Crippen molar-refractivity contribution >= 4 is 17.2 Å². The van der Waals surface area contributed by atoms with Gasteiger partial charge in [-0.15, -0.1) is 26.3 Å². The molecule has 0 radical (unpaired) electrons. The third-order valence-electron chi connectivity index (χ3n) is 5.28. The molecule has 0 saturated carbocycles. The number of hydrogen-bond donors (Lipinski definition) is 1. The van der Waals surface area contributed by atoms with Crippen molar-refractivity contribution in [2.75, 3.05) is 23.3 Å². The summed E-state index contributed by atoms with van der Waals surface area (Å²) in [5.41, 5.74) is 2.47. The smallest absolute Gasteiger partial charge is 0.406 e. The number of pyridine rings is 1. The van der Waals surface area contributed by atoms with Crippen LogP contribution < -0.4 is 19.7 Å². The van der Waals surface area contributed by atoms with Crippen molar-refractivity contribution in [3.63, 3.8) is 0 Å². The summed E-state index contributed by atoms with van der Waals surface area (Å²) in [7, 11) is 0. The fraction of sp³-hybridized carbons (Fsp3) is 0.292. The highest BCUT2D eigenvalue weighted by molar-refractivity contribution is 5.71. The predicted octanol–water partition coefficient (Wildman–Crippen LogP) is 7.28. The summed E-state index contributed by atoms with van der Waals surface area (Å²) in [5, 5.41) is 3.08. The van der Waals surface area contributed by atoms with Crippen molar-refractivity contribution in [3.05, 3.63) is 60.7 Å². The van der Waals surface area contributed by atoms with Gasteiger partial charge in [0.15, 0.2) is 0 Å². The number of hydrogen-bond acceptors (Lipinski definition) is 5. The molecule has 0 atom stereocenters. The first-order chi connectivity index (χ1) is 16.5. The molecule has 1 N–H and O–H groups in total. The third-order valence-corrected chi connectivity index (χ3v) is 5.28. The second-order valence-corrected chi connectivity index (χ2v) is 7.91. The van der Waals surface area contributed by atoms with Crippen LogP contribution in [0.15, 0.2) is 60.7 Å². The number of aromatic nitrogens is 1. The highest BCUT2D eigenvalue weighted by Crippen LogP contribution is 2.32. The Labute approximate surface area is 197 Å². The number of rotatable bonds is 6. The predicted molar refractivity (Wildman–Crippen MR) is 119 cm³/mol. The van der Waals surface area contributed by atoms with Crippen LogP contribution in [0, 0.1) is 0 Å². The molecule has 11 heteroatoms. The molecule has 1 aromatic heterocycles. The van der Waals surface area contributed by atoms with Crippen LogP contribution in [-0.2, 0) is 0 Å². The minimum Gasteiger partial charge on any atom is -0.406 e. The fourth-order valence-corrected chi connectivity index (χ4v) is 3.78. The van der Waals surface area contributed by atoms with E-state index in [1.54, 1.807) is 0 Å². The normalized spacial score (nSPS) is 14.5. The largest absolute Gasteiger partial charge is 0.573 e. The number of nitrogens with one attached hydrogen (secondary N) is 1. The van der Waals surface area contributed by atoms with Crippen molar-refractivity contribution in [3.8, 4) is 22.8 Å². The minimum atomic E-state index is -4.79. The van der Waals surface area contributed by atoms with Gasteiger partial charge in [-0.25, -0.2) is 4.98 Å². The molecule has 186 valence electrons. The Morgan fingerprint density at radius 3 is 1.80 bits per heavy atom. The second kappa shape index (κ2) is 9.93. The van der Waals surface area contributed by atoms with E-state index in [9.17, 15) is 26.3 Å². The van der Waals surface area contributed by atoms with Crippen LogP contribution in [0.3, 0.4) is 0 Å². The van der Waals surface area contributed by atoms with Crippen LogP contribution in [0.1, 0.15) is 19.3 Å². The first-order valence-electron chi connectivity index (χ1n) is 10.8. The third kappa shape index (κ3) is 7.17. The van der Waals surface area contributed by atoms with E-state index >= 15 is 0 Å². The number of ether oxygens (including phenoxy) is 2. The van der Waals surface area contributed by atoms with Crippen LogP contribution >= 0.6 is 0 Å². The standard InChI is InChI=1S/C24H21F6N3O2/c25-23(26,27)34-19-8-4-16(5-9-19)21-14-18(33-12-2-1-3-13-33)15-22(32-21)31-17-6-10-20(11-7-17)35-24(28,29)30/h4-11,14-15H,1-3,12-13H2,(H,31,32). The first kappa shape index (κ1) is 24.5. The molecule has 0 spiro atoms. The molecule has 3 aromatic rings. The highest BCUT2D eigenvalue weighted by atomic mass is 19.4. The number of anilines is 3. The number of alkyl halides is 6. The molecule has 35 heavy (non-hydrogen) atoms. The summed E-state index contributed by atoms with van der Waals surface area (Å²) in [6.07, 6.45) is -6.37. The SMILES string of the molecule is FC(F)(F)Oc1ccc(Nc2cc(N3CCCCC3)cc(-c3ccc(OC(F)(F)F)cc3)n2)cc1. The molecule has 4 rings (SSSR count). The Hall–Kier alpha value is -3.63. The van der Waals surface area contributed by atoms with E-state index in [2.05, 4.69) is 24.7 Å². The molecule has 0 aliphatic carbocycles. The Balaban J connectivity index is 1.61. The zero-order valence-corrected chi connectivity index (χ0v) is 18.3. The summed E-state index contributed by atoms with van der Waals surface area (Å²) < 4.78 is 82.5. The van der Waals surface area contributed by atoms with Crippen LogP contribution in [0.2, 0.25) is 0 Å². The van der Waals surface area contributed by atoms with Gasteiger partial charge in [0.1, 0.15) is 17.3 Å². The monoisotopic (exact) mass is 497 g/mol. The van der Waals surface area contributed by atoms with Gasteiger partial charge in [-0.1, -0.05) is 0 Å². The molecule has 2 heterocycles. The lowest BCUT2D eigenvalue weighted by atomic mass is 10.1. The molecular weight excluding hydrogens is 476 g/mol. The average molecular weight is 497 g/mol. The number of nitrogens with zero attached hydrogens (tertiary/aromatic N) is 2. The minimum absolute atomic E-state index is 0.340. The Bertz CT molecular complexity index is 1130. The second-order valence-electron chi connectivity index (χ2n) is 7.91. The van der Waals surface area contributed by atoms with Gasteiger partial charge in [0.25, 0.3) is 0 Å². The zero-order chi connectivity index (χ0) is 25.1. The molecule has 0 unspecified atom stereocenters. The van der Waals surface area contributed by atoms with Gasteiger partial charge in [-0.2, -0.15) is 0 Å². The maximum Gasteiger partial charge on any atom is 0.573 e. The molecule has 1 fully saturated rings. The van der Waals surface area contributed by atoms with E-state index in [4.69, 9.17) is 0 Å². The van der Waals surface area contributed by atoms with Crippen LogP contribution in [0.5, 0.6) is 11.5 Å². The molecule has 0 bridgehead atoms. The topological polar surface area (TPSA) is 46.6 Å². The van der Waals surface area contributed by atoms with Crippen molar-refractivity contribution < 1.29 is 35.8 Å². The van der Waals surface area contributed by atoms with Gasteiger partial charge >= 0.3 is 12.7 Å². The summed E-state index contributed by atoms with van der Waals surface area (Å²) in [6.45, 7) is 1.70. The lowest BCUT2D eigenvalue weighted by molar-refractivity contribution is -0.275.